The zero-order valence-electron chi connectivity index (χ0n) is 8.27. The Morgan fingerprint density at radius 3 is 2.21 bits per heavy atom. The molecule has 0 spiro atoms. The Kier molecular flexibility index (Phi) is 3.53. The first kappa shape index (κ1) is 11.5. The number of aliphatic carboxylic acids is 1. The lowest BCUT2D eigenvalue weighted by Crippen LogP contribution is -2.36. The second-order valence-corrected chi connectivity index (χ2v) is 6.38. The van der Waals surface area contributed by atoms with Gasteiger partial charge in [-0.1, -0.05) is 19.3 Å². The smallest absolute Gasteiger partial charge is 0.321 e. The van der Waals surface area contributed by atoms with Gasteiger partial charge in [0.25, 0.3) is 0 Å². The van der Waals surface area contributed by atoms with Crippen molar-refractivity contribution in [3.8, 4) is 0 Å². The lowest BCUT2D eigenvalue weighted by Gasteiger charge is -2.23. The molecule has 14 heavy (non-hydrogen) atoms. The van der Waals surface area contributed by atoms with E-state index in [9.17, 15) is 13.2 Å². The number of hydrogen-bond donors (Lipinski definition) is 1. The van der Waals surface area contributed by atoms with Crippen molar-refractivity contribution in [3.63, 3.8) is 0 Å². The summed E-state index contributed by atoms with van der Waals surface area (Å²) in [5.41, 5.74) is 0. The fourth-order valence-corrected chi connectivity index (χ4v) is 3.67. The van der Waals surface area contributed by atoms with Gasteiger partial charge in [-0.25, -0.2) is 8.42 Å². The number of carboxylic acids is 1. The Balaban J connectivity index is 2.78. The summed E-state index contributed by atoms with van der Waals surface area (Å²) in [6.45, 7) is 1.26. The van der Waals surface area contributed by atoms with Gasteiger partial charge in [-0.15, -0.1) is 0 Å². The van der Waals surface area contributed by atoms with Crippen LogP contribution in [-0.4, -0.2) is 30.0 Å². The van der Waals surface area contributed by atoms with Crippen molar-refractivity contribution in [3.05, 3.63) is 0 Å². The minimum Gasteiger partial charge on any atom is -0.480 e. The van der Waals surface area contributed by atoms with Crippen molar-refractivity contribution < 1.29 is 18.3 Å². The van der Waals surface area contributed by atoms with Gasteiger partial charge in [0.2, 0.25) is 0 Å². The van der Waals surface area contributed by atoms with E-state index >= 15 is 0 Å². The molecular weight excluding hydrogens is 204 g/mol. The molecular formula is C9H16O4S. The number of rotatable bonds is 3. The predicted molar refractivity (Wildman–Crippen MR) is 52.9 cm³/mol. The van der Waals surface area contributed by atoms with Gasteiger partial charge < -0.3 is 5.11 Å². The minimum absolute atomic E-state index is 0.428. The van der Waals surface area contributed by atoms with Crippen molar-refractivity contribution in [2.24, 2.45) is 0 Å². The highest BCUT2D eigenvalue weighted by Crippen LogP contribution is 2.26. The monoisotopic (exact) mass is 220 g/mol. The topological polar surface area (TPSA) is 71.4 Å². The van der Waals surface area contributed by atoms with Crippen LogP contribution in [0.1, 0.15) is 39.0 Å². The summed E-state index contributed by atoms with van der Waals surface area (Å²) in [5.74, 6) is -1.24. The van der Waals surface area contributed by atoms with E-state index < -0.39 is 26.3 Å². The molecule has 0 saturated heterocycles. The summed E-state index contributed by atoms with van der Waals surface area (Å²) in [4.78, 5) is 10.6. The Labute approximate surface area is 84.2 Å². The second-order valence-electron chi connectivity index (χ2n) is 3.83. The van der Waals surface area contributed by atoms with Crippen LogP contribution in [0.15, 0.2) is 0 Å². The van der Waals surface area contributed by atoms with E-state index in [1.807, 2.05) is 0 Å². The molecule has 0 heterocycles. The van der Waals surface area contributed by atoms with E-state index in [1.165, 1.54) is 6.92 Å². The summed E-state index contributed by atoms with van der Waals surface area (Å²) in [7, 11) is -3.46. The fraction of sp³-hybridized carbons (Fsp3) is 0.889. The Morgan fingerprint density at radius 1 is 1.29 bits per heavy atom. The summed E-state index contributed by atoms with van der Waals surface area (Å²) in [6.07, 6.45) is 4.11. The zero-order chi connectivity index (χ0) is 10.8. The zero-order valence-corrected chi connectivity index (χ0v) is 9.09. The molecule has 1 rings (SSSR count). The average Bonchev–Trinajstić information content (AvgIpc) is 2.18. The van der Waals surface area contributed by atoms with Gasteiger partial charge in [0.1, 0.15) is 0 Å². The Morgan fingerprint density at radius 2 is 1.79 bits per heavy atom. The maximum Gasteiger partial charge on any atom is 0.321 e. The van der Waals surface area contributed by atoms with Crippen LogP contribution in [0.5, 0.6) is 0 Å². The van der Waals surface area contributed by atoms with E-state index in [-0.39, 0.29) is 0 Å². The maximum absolute atomic E-state index is 11.7. The number of carbonyl (C=O) groups is 1. The van der Waals surface area contributed by atoms with Crippen molar-refractivity contribution >= 4 is 15.8 Å². The molecule has 1 saturated carbocycles. The first-order chi connectivity index (χ1) is 6.46. The van der Waals surface area contributed by atoms with Crippen molar-refractivity contribution in [1.29, 1.82) is 0 Å². The SMILES string of the molecule is CC(C(=O)O)S(=O)(=O)C1CCCCC1. The van der Waals surface area contributed by atoms with Gasteiger partial charge in [-0.2, -0.15) is 0 Å². The van der Waals surface area contributed by atoms with Crippen LogP contribution in [0.2, 0.25) is 0 Å². The van der Waals surface area contributed by atoms with Crippen LogP contribution in [0, 0.1) is 0 Å². The molecule has 0 aromatic heterocycles. The molecule has 4 nitrogen and oxygen atoms in total. The molecule has 0 aromatic carbocycles. The summed E-state index contributed by atoms with van der Waals surface area (Å²) >= 11 is 0. The van der Waals surface area contributed by atoms with Crippen molar-refractivity contribution in [1.82, 2.24) is 0 Å². The molecule has 1 unspecified atom stereocenters. The van der Waals surface area contributed by atoms with Crippen LogP contribution < -0.4 is 0 Å². The molecule has 1 atom stereocenters. The quantitative estimate of drug-likeness (QED) is 0.776. The highest BCUT2D eigenvalue weighted by atomic mass is 32.2. The molecule has 0 aliphatic heterocycles. The van der Waals surface area contributed by atoms with E-state index in [2.05, 4.69) is 0 Å². The number of carboxylic acid groups (broad SMARTS) is 1. The molecule has 0 amide bonds. The summed E-state index contributed by atoms with van der Waals surface area (Å²) in [6, 6.07) is 0. The normalized spacial score (nSPS) is 21.8. The highest BCUT2D eigenvalue weighted by Gasteiger charge is 2.35. The average molecular weight is 220 g/mol. The fourth-order valence-electron chi connectivity index (χ4n) is 1.82. The van der Waals surface area contributed by atoms with Crippen LogP contribution in [-0.2, 0) is 14.6 Å². The van der Waals surface area contributed by atoms with Gasteiger partial charge in [-0.3, -0.25) is 4.79 Å². The first-order valence-corrected chi connectivity index (χ1v) is 6.52. The van der Waals surface area contributed by atoms with Gasteiger partial charge in [0, 0.05) is 0 Å². The Bertz CT molecular complexity index is 301. The van der Waals surface area contributed by atoms with Crippen LogP contribution in [0.25, 0.3) is 0 Å². The largest absolute Gasteiger partial charge is 0.480 e. The summed E-state index contributed by atoms with van der Waals surface area (Å²) in [5, 5.41) is 6.98. The minimum atomic E-state index is -3.46. The molecule has 1 aliphatic rings. The van der Waals surface area contributed by atoms with Crippen LogP contribution in [0.3, 0.4) is 0 Å². The Hall–Kier alpha value is -0.580. The number of hydrogen-bond acceptors (Lipinski definition) is 3. The third-order valence-electron chi connectivity index (χ3n) is 2.86. The first-order valence-electron chi connectivity index (χ1n) is 4.91. The van der Waals surface area contributed by atoms with Gasteiger partial charge in [0.15, 0.2) is 15.1 Å². The molecule has 82 valence electrons. The van der Waals surface area contributed by atoms with E-state index in [1.54, 1.807) is 0 Å². The molecule has 5 heteroatoms. The molecule has 0 aromatic rings. The van der Waals surface area contributed by atoms with Gasteiger partial charge >= 0.3 is 5.97 Å². The third kappa shape index (κ3) is 2.26. The van der Waals surface area contributed by atoms with Gasteiger partial charge in [-0.05, 0) is 19.8 Å². The highest BCUT2D eigenvalue weighted by molar-refractivity contribution is 7.93. The van der Waals surface area contributed by atoms with Crippen LogP contribution in [0.4, 0.5) is 0 Å². The lowest BCUT2D eigenvalue weighted by atomic mass is 10.0. The van der Waals surface area contributed by atoms with Crippen molar-refractivity contribution in [2.45, 2.75) is 49.5 Å². The number of sulfone groups is 1. The maximum atomic E-state index is 11.7. The third-order valence-corrected chi connectivity index (χ3v) is 5.45. The van der Waals surface area contributed by atoms with E-state index in [0.717, 1.165) is 19.3 Å². The molecule has 1 fully saturated rings. The van der Waals surface area contributed by atoms with Crippen molar-refractivity contribution in [2.75, 3.05) is 0 Å². The van der Waals surface area contributed by atoms with Crippen LogP contribution >= 0.6 is 0 Å². The predicted octanol–water partition coefficient (Wildman–Crippen LogP) is 1.21. The molecule has 1 N–H and O–H groups in total. The van der Waals surface area contributed by atoms with E-state index in [0.29, 0.717) is 12.8 Å². The summed E-state index contributed by atoms with van der Waals surface area (Å²) < 4.78 is 23.5. The molecule has 1 aliphatic carbocycles. The lowest BCUT2D eigenvalue weighted by molar-refractivity contribution is -0.136. The molecule has 0 bridgehead atoms. The standard InChI is InChI=1S/C9H16O4S/c1-7(9(10)11)14(12,13)8-5-3-2-4-6-8/h7-8H,2-6H2,1H3,(H,10,11). The molecule has 0 radical (unpaired) electrons. The van der Waals surface area contributed by atoms with Gasteiger partial charge in [0.05, 0.1) is 5.25 Å². The second kappa shape index (κ2) is 4.29. The van der Waals surface area contributed by atoms with E-state index in [4.69, 9.17) is 5.11 Å².